The fraction of sp³-hybridized carbons (Fsp3) is 0.417. The summed E-state index contributed by atoms with van der Waals surface area (Å²) in [7, 11) is -2.17. The largest absolute Gasteiger partial charge is 0.497 e. The number of nitrogens with zero attached hydrogens (tertiary/aromatic N) is 1. The standard InChI is InChI=1S/C24H29N3O6S/c1-15-12-20-21(33-16(2)23(28)26-20)13-22(15)34(30,31)27-10-8-18(9-11-27)24(29)25-14-17-4-6-19(32-3)7-5-17/h4-7,12-13,16,18H,8-11,14H2,1-3H3,(H,25,29)(H,26,28)/t16-/m1/s1. The molecule has 2 heterocycles. The van der Waals surface area contributed by atoms with Crippen LogP contribution in [-0.2, 0) is 26.2 Å². The van der Waals surface area contributed by atoms with Crippen molar-refractivity contribution in [1.82, 2.24) is 9.62 Å². The summed E-state index contributed by atoms with van der Waals surface area (Å²) in [6.45, 7) is 4.22. The van der Waals surface area contributed by atoms with Gasteiger partial charge < -0.3 is 20.1 Å². The highest BCUT2D eigenvalue weighted by atomic mass is 32.2. The predicted octanol–water partition coefficient (Wildman–Crippen LogP) is 2.44. The highest BCUT2D eigenvalue weighted by Gasteiger charge is 2.34. The van der Waals surface area contributed by atoms with Crippen molar-refractivity contribution in [3.05, 3.63) is 47.5 Å². The number of ether oxygens (including phenoxy) is 2. The number of amides is 2. The summed E-state index contributed by atoms with van der Waals surface area (Å²) in [6.07, 6.45) is 0.195. The molecular weight excluding hydrogens is 458 g/mol. The van der Waals surface area contributed by atoms with Crippen LogP contribution in [-0.4, -0.2) is 50.8 Å². The Kier molecular flexibility index (Phi) is 6.81. The van der Waals surface area contributed by atoms with Gasteiger partial charge in [0.2, 0.25) is 15.9 Å². The molecule has 2 N–H and O–H groups in total. The van der Waals surface area contributed by atoms with Crippen LogP contribution in [0, 0.1) is 12.8 Å². The summed E-state index contributed by atoms with van der Waals surface area (Å²) in [5, 5.41) is 5.68. The van der Waals surface area contributed by atoms with Crippen LogP contribution in [0.2, 0.25) is 0 Å². The van der Waals surface area contributed by atoms with Crippen molar-refractivity contribution >= 4 is 27.5 Å². The van der Waals surface area contributed by atoms with E-state index in [0.717, 1.165) is 11.3 Å². The Morgan fingerprint density at radius 3 is 2.53 bits per heavy atom. The Labute approximate surface area is 199 Å². The van der Waals surface area contributed by atoms with Gasteiger partial charge in [-0.2, -0.15) is 4.31 Å². The van der Waals surface area contributed by atoms with E-state index in [-0.39, 0.29) is 35.7 Å². The smallest absolute Gasteiger partial charge is 0.265 e. The average molecular weight is 488 g/mol. The number of anilines is 1. The Bertz CT molecular complexity index is 1190. The summed E-state index contributed by atoms with van der Waals surface area (Å²) in [5.41, 5.74) is 1.95. The lowest BCUT2D eigenvalue weighted by atomic mass is 9.97. The topological polar surface area (TPSA) is 114 Å². The summed E-state index contributed by atoms with van der Waals surface area (Å²) < 4.78 is 38.8. The summed E-state index contributed by atoms with van der Waals surface area (Å²) in [6, 6.07) is 10.6. The van der Waals surface area contributed by atoms with Gasteiger partial charge in [0.05, 0.1) is 17.7 Å². The van der Waals surface area contributed by atoms with Gasteiger partial charge in [-0.3, -0.25) is 9.59 Å². The first kappa shape index (κ1) is 24.0. The molecule has 10 heteroatoms. The predicted molar refractivity (Wildman–Crippen MR) is 126 cm³/mol. The second kappa shape index (κ2) is 9.63. The molecule has 4 rings (SSSR count). The van der Waals surface area contributed by atoms with E-state index in [2.05, 4.69) is 10.6 Å². The van der Waals surface area contributed by atoms with Crippen LogP contribution >= 0.6 is 0 Å². The lowest BCUT2D eigenvalue weighted by Gasteiger charge is -2.31. The number of fused-ring (bicyclic) bond motifs is 1. The maximum Gasteiger partial charge on any atom is 0.265 e. The number of carbonyl (C=O) groups excluding carboxylic acids is 2. The molecule has 1 atom stereocenters. The summed E-state index contributed by atoms with van der Waals surface area (Å²) in [5.74, 6) is 0.507. The number of piperidine rings is 1. The maximum absolute atomic E-state index is 13.4. The molecule has 2 aromatic carbocycles. The highest BCUT2D eigenvalue weighted by Crippen LogP contribution is 2.36. The second-order valence-electron chi connectivity index (χ2n) is 8.61. The third-order valence-electron chi connectivity index (χ3n) is 6.28. The van der Waals surface area contributed by atoms with Gasteiger partial charge in [-0.05, 0) is 56.0 Å². The van der Waals surface area contributed by atoms with Gasteiger partial charge in [0.1, 0.15) is 11.5 Å². The molecule has 182 valence electrons. The summed E-state index contributed by atoms with van der Waals surface area (Å²) >= 11 is 0. The lowest BCUT2D eigenvalue weighted by molar-refractivity contribution is -0.126. The van der Waals surface area contributed by atoms with Crippen LogP contribution in [0.25, 0.3) is 0 Å². The first-order valence-corrected chi connectivity index (χ1v) is 12.7. The molecule has 9 nitrogen and oxygen atoms in total. The summed E-state index contributed by atoms with van der Waals surface area (Å²) in [4.78, 5) is 24.6. The number of carbonyl (C=O) groups is 2. The number of hydrogen-bond acceptors (Lipinski definition) is 6. The van der Waals surface area contributed by atoms with E-state index < -0.39 is 16.1 Å². The molecule has 2 aromatic rings. The van der Waals surface area contributed by atoms with Crippen molar-refractivity contribution in [3.63, 3.8) is 0 Å². The quantitative estimate of drug-likeness (QED) is 0.647. The number of nitrogens with one attached hydrogen (secondary N) is 2. The number of benzene rings is 2. The first-order valence-electron chi connectivity index (χ1n) is 11.2. The Hall–Kier alpha value is -3.11. The fourth-order valence-electron chi connectivity index (χ4n) is 4.20. The zero-order chi connectivity index (χ0) is 24.5. The molecule has 0 spiro atoms. The van der Waals surface area contributed by atoms with E-state index in [1.165, 1.54) is 10.4 Å². The molecule has 2 amide bonds. The van der Waals surface area contributed by atoms with E-state index in [4.69, 9.17) is 9.47 Å². The zero-order valence-electron chi connectivity index (χ0n) is 19.5. The first-order chi connectivity index (χ1) is 16.2. The Balaban J connectivity index is 1.38. The molecule has 0 aliphatic carbocycles. The van der Waals surface area contributed by atoms with E-state index in [9.17, 15) is 18.0 Å². The van der Waals surface area contributed by atoms with Gasteiger partial charge in [-0.15, -0.1) is 0 Å². The molecular formula is C24H29N3O6S. The minimum absolute atomic E-state index is 0.0732. The third kappa shape index (κ3) is 4.88. The van der Waals surface area contributed by atoms with Crippen LogP contribution in [0.1, 0.15) is 30.9 Å². The molecule has 1 saturated heterocycles. The molecule has 2 aliphatic heterocycles. The molecule has 0 radical (unpaired) electrons. The van der Waals surface area contributed by atoms with E-state index in [0.29, 0.717) is 36.4 Å². The molecule has 0 bridgehead atoms. The van der Waals surface area contributed by atoms with Crippen LogP contribution in [0.15, 0.2) is 41.3 Å². The molecule has 0 saturated carbocycles. The van der Waals surface area contributed by atoms with Crippen molar-refractivity contribution in [1.29, 1.82) is 0 Å². The van der Waals surface area contributed by atoms with Crippen molar-refractivity contribution in [3.8, 4) is 11.5 Å². The number of rotatable bonds is 6. The normalized spacial score (nSPS) is 19.0. The van der Waals surface area contributed by atoms with Gasteiger partial charge in [-0.25, -0.2) is 8.42 Å². The van der Waals surface area contributed by atoms with Gasteiger partial charge in [-0.1, -0.05) is 12.1 Å². The molecule has 1 fully saturated rings. The monoisotopic (exact) mass is 487 g/mol. The Morgan fingerprint density at radius 1 is 1.21 bits per heavy atom. The third-order valence-corrected chi connectivity index (χ3v) is 8.32. The van der Waals surface area contributed by atoms with Gasteiger partial charge >= 0.3 is 0 Å². The van der Waals surface area contributed by atoms with E-state index in [1.807, 2.05) is 24.3 Å². The van der Waals surface area contributed by atoms with Crippen LogP contribution < -0.4 is 20.1 Å². The molecule has 0 unspecified atom stereocenters. The minimum atomic E-state index is -3.77. The SMILES string of the molecule is COc1ccc(CNC(=O)C2CCN(S(=O)(=O)c3cc4c(cc3C)NC(=O)[C@@H](C)O4)CC2)cc1. The van der Waals surface area contributed by atoms with E-state index >= 15 is 0 Å². The van der Waals surface area contributed by atoms with Crippen molar-refractivity contribution < 1.29 is 27.5 Å². The molecule has 2 aliphatic rings. The van der Waals surface area contributed by atoms with Crippen LogP contribution in [0.3, 0.4) is 0 Å². The molecule has 34 heavy (non-hydrogen) atoms. The number of hydrogen-bond donors (Lipinski definition) is 2. The van der Waals surface area contributed by atoms with E-state index in [1.54, 1.807) is 27.0 Å². The number of methoxy groups -OCH3 is 1. The van der Waals surface area contributed by atoms with Crippen LogP contribution in [0.5, 0.6) is 11.5 Å². The highest BCUT2D eigenvalue weighted by molar-refractivity contribution is 7.89. The van der Waals surface area contributed by atoms with Gasteiger partial charge in [0, 0.05) is 31.6 Å². The number of sulfonamides is 1. The molecule has 0 aromatic heterocycles. The van der Waals surface area contributed by atoms with Gasteiger partial charge in [0.25, 0.3) is 5.91 Å². The second-order valence-corrected chi connectivity index (χ2v) is 10.5. The van der Waals surface area contributed by atoms with Crippen molar-refractivity contribution in [2.75, 3.05) is 25.5 Å². The lowest BCUT2D eigenvalue weighted by Crippen LogP contribution is -2.43. The van der Waals surface area contributed by atoms with Crippen molar-refractivity contribution in [2.24, 2.45) is 5.92 Å². The average Bonchev–Trinajstić information content (AvgIpc) is 2.83. The maximum atomic E-state index is 13.4. The Morgan fingerprint density at radius 2 is 1.88 bits per heavy atom. The minimum Gasteiger partial charge on any atom is -0.497 e. The zero-order valence-corrected chi connectivity index (χ0v) is 20.3. The van der Waals surface area contributed by atoms with Crippen LogP contribution in [0.4, 0.5) is 5.69 Å². The van der Waals surface area contributed by atoms with Gasteiger partial charge in [0.15, 0.2) is 6.10 Å². The van der Waals surface area contributed by atoms with Crippen molar-refractivity contribution in [2.45, 2.75) is 44.2 Å². The fourth-order valence-corrected chi connectivity index (χ4v) is 5.89. The number of aryl methyl sites for hydroxylation is 1.